The molecule has 0 radical (unpaired) electrons. The van der Waals surface area contributed by atoms with Gasteiger partial charge in [-0.25, -0.2) is 8.99 Å². The van der Waals surface area contributed by atoms with Crippen molar-refractivity contribution in [3.63, 3.8) is 0 Å². The minimum Gasteiger partial charge on any atom is -0.406 e. The molecule has 2 aliphatic rings. The summed E-state index contributed by atoms with van der Waals surface area (Å²) < 4.78 is 65.9. The van der Waals surface area contributed by atoms with Gasteiger partial charge < -0.3 is 14.7 Å². The second kappa shape index (κ2) is 10.3. The molecule has 0 aromatic heterocycles. The summed E-state index contributed by atoms with van der Waals surface area (Å²) in [5, 5.41) is 11.7. The van der Waals surface area contributed by atoms with Gasteiger partial charge in [-0.2, -0.15) is 0 Å². The highest BCUT2D eigenvalue weighted by molar-refractivity contribution is 7.90. The highest BCUT2D eigenvalue weighted by Crippen LogP contribution is 2.40. The molecule has 0 saturated heterocycles. The molecule has 3 aromatic carbocycles. The molecule has 1 unspecified atom stereocenters. The number of nitrogens with one attached hydrogen (secondary N) is 2. The topological polar surface area (TPSA) is 85.7 Å². The number of allylic oxidation sites excluding steroid dienone is 1. The average molecular weight is 544 g/mol. The molecule has 0 amide bonds. The number of anilines is 2. The van der Waals surface area contributed by atoms with Crippen LogP contribution in [-0.4, -0.2) is 27.8 Å². The quantitative estimate of drug-likeness (QED) is 0.356. The van der Waals surface area contributed by atoms with Crippen molar-refractivity contribution in [1.29, 1.82) is 4.78 Å². The monoisotopic (exact) mass is 543 g/mol. The second-order valence-electron chi connectivity index (χ2n) is 9.41. The number of aliphatic hydroxyl groups excluding tert-OH is 1. The molecule has 1 aliphatic carbocycles. The molecule has 5 rings (SSSR count). The van der Waals surface area contributed by atoms with Gasteiger partial charge in [0.1, 0.15) is 11.9 Å². The number of ether oxygens (including phenoxy) is 1. The molecule has 0 fully saturated rings. The third kappa shape index (κ3) is 5.51. The number of aliphatic hydroxyl groups is 1. The maximum atomic E-state index is 13.4. The second-order valence-corrected chi connectivity index (χ2v) is 11.2. The van der Waals surface area contributed by atoms with Crippen molar-refractivity contribution in [1.82, 2.24) is 4.72 Å². The van der Waals surface area contributed by atoms with Crippen LogP contribution in [0.1, 0.15) is 30.4 Å². The molecule has 0 spiro atoms. The van der Waals surface area contributed by atoms with E-state index >= 15 is 0 Å². The molecule has 6 nitrogen and oxygen atoms in total. The zero-order valence-corrected chi connectivity index (χ0v) is 21.3. The van der Waals surface area contributed by atoms with Crippen LogP contribution in [0.25, 0.3) is 0 Å². The molecule has 1 heterocycles. The molecule has 3 atom stereocenters. The van der Waals surface area contributed by atoms with Gasteiger partial charge in [-0.3, -0.25) is 4.72 Å². The molecule has 200 valence electrons. The lowest BCUT2D eigenvalue weighted by Crippen LogP contribution is -2.45. The third-order valence-corrected chi connectivity index (χ3v) is 8.36. The molecule has 3 aromatic rings. The lowest BCUT2D eigenvalue weighted by Gasteiger charge is -2.38. The van der Waals surface area contributed by atoms with Crippen molar-refractivity contribution in [2.75, 3.05) is 4.90 Å². The third-order valence-electron chi connectivity index (χ3n) is 6.90. The zero-order chi connectivity index (χ0) is 26.9. The van der Waals surface area contributed by atoms with Crippen LogP contribution in [0.2, 0.25) is 0 Å². The molecule has 3 N–H and O–H groups in total. The summed E-state index contributed by atoms with van der Waals surface area (Å²) >= 11 is 0. The van der Waals surface area contributed by atoms with Crippen molar-refractivity contribution >= 4 is 21.3 Å². The Kier molecular flexibility index (Phi) is 7.11. The van der Waals surface area contributed by atoms with Crippen molar-refractivity contribution in [2.45, 2.75) is 55.5 Å². The van der Waals surface area contributed by atoms with Gasteiger partial charge in [-0.15, -0.1) is 13.2 Å². The molecule has 38 heavy (non-hydrogen) atoms. The Morgan fingerprint density at radius 1 is 0.947 bits per heavy atom. The van der Waals surface area contributed by atoms with Crippen molar-refractivity contribution in [2.24, 2.45) is 0 Å². The van der Waals surface area contributed by atoms with Gasteiger partial charge >= 0.3 is 6.36 Å². The van der Waals surface area contributed by atoms with Crippen molar-refractivity contribution in [3.05, 3.63) is 95.7 Å². The standard InChI is InChI=1S/C28H28F3N3O3S/c29-28(30,31)37-21-15-17-22(18-16-21)38(32,36)33-23-9-3-6-12-26(27(23)35)34-24-10-4-1-7-19(24)13-14-20-8-2-5-11-25(20)34/h1-2,4-5,7-11,15-18,26-27,35H,3,6,12-14H2,(H2,32,33,36)/t26-,27+,38?/m1/s1. The van der Waals surface area contributed by atoms with E-state index in [1.54, 1.807) is 6.08 Å². The predicted molar refractivity (Wildman–Crippen MR) is 140 cm³/mol. The van der Waals surface area contributed by atoms with E-state index in [0.717, 1.165) is 54.9 Å². The Bertz CT molecular complexity index is 1390. The molecular weight excluding hydrogens is 515 g/mol. The number of hydrogen-bond donors (Lipinski definition) is 3. The number of halogens is 3. The van der Waals surface area contributed by atoms with Crippen LogP contribution in [0.5, 0.6) is 5.75 Å². The Hall–Kier alpha value is -3.50. The normalized spacial score (nSPS) is 21.2. The molecular formula is C28H28F3N3O3S. The largest absolute Gasteiger partial charge is 0.573 e. The molecule has 0 saturated carbocycles. The molecule has 10 heteroatoms. The summed E-state index contributed by atoms with van der Waals surface area (Å²) in [6.45, 7) is 0. The first kappa shape index (κ1) is 26.1. The van der Waals surface area contributed by atoms with E-state index in [-0.39, 0.29) is 10.6 Å². The van der Waals surface area contributed by atoms with Gasteiger partial charge in [-0.05, 0) is 79.6 Å². The smallest absolute Gasteiger partial charge is 0.406 e. The number of alkyl halides is 3. The number of fused-ring (bicyclic) bond motifs is 2. The summed E-state index contributed by atoms with van der Waals surface area (Å²) in [5.74, 6) is -0.469. The van der Waals surface area contributed by atoms with Gasteiger partial charge in [0.05, 0.1) is 16.6 Å². The lowest BCUT2D eigenvalue weighted by atomic mass is 10.00. The van der Waals surface area contributed by atoms with Crippen LogP contribution in [0.15, 0.2) is 89.5 Å². The maximum Gasteiger partial charge on any atom is 0.573 e. The first-order valence-electron chi connectivity index (χ1n) is 12.4. The van der Waals surface area contributed by atoms with E-state index in [9.17, 15) is 22.5 Å². The fourth-order valence-electron chi connectivity index (χ4n) is 5.17. The maximum absolute atomic E-state index is 13.4. The van der Waals surface area contributed by atoms with Crippen LogP contribution in [0.3, 0.4) is 0 Å². The van der Waals surface area contributed by atoms with E-state index in [1.165, 1.54) is 11.1 Å². The van der Waals surface area contributed by atoms with Crippen LogP contribution in [0.4, 0.5) is 24.5 Å². The van der Waals surface area contributed by atoms with Crippen LogP contribution in [0, 0.1) is 4.78 Å². The minimum absolute atomic E-state index is 0.0219. The summed E-state index contributed by atoms with van der Waals surface area (Å²) in [7, 11) is -3.69. The van der Waals surface area contributed by atoms with Crippen LogP contribution >= 0.6 is 0 Å². The van der Waals surface area contributed by atoms with E-state index in [4.69, 9.17) is 4.78 Å². The van der Waals surface area contributed by atoms with Crippen molar-refractivity contribution in [3.8, 4) is 5.75 Å². The predicted octanol–water partition coefficient (Wildman–Crippen LogP) is 6.23. The van der Waals surface area contributed by atoms with E-state index in [1.807, 2.05) is 36.4 Å². The summed E-state index contributed by atoms with van der Waals surface area (Å²) in [6.07, 6.45) is -0.405. The fourth-order valence-corrected chi connectivity index (χ4v) is 6.34. The minimum atomic E-state index is -4.85. The number of benzene rings is 3. The van der Waals surface area contributed by atoms with E-state index in [0.29, 0.717) is 12.8 Å². The molecule has 0 bridgehead atoms. The first-order valence-corrected chi connectivity index (χ1v) is 13.9. The SMILES string of the molecule is N=S(=O)(NC1=CCCC[C@@H](N2c3ccccc3CCc3ccccc32)[C@H]1O)c1ccc(OC(F)(F)F)cc1. The number of hydrogen-bond acceptors (Lipinski definition) is 5. The van der Waals surface area contributed by atoms with E-state index < -0.39 is 34.2 Å². The van der Waals surface area contributed by atoms with Crippen LogP contribution < -0.4 is 14.4 Å². The van der Waals surface area contributed by atoms with Crippen LogP contribution in [-0.2, 0) is 22.8 Å². The summed E-state index contributed by atoms with van der Waals surface area (Å²) in [5.41, 5.74) is 4.62. The lowest BCUT2D eigenvalue weighted by molar-refractivity contribution is -0.274. The number of aryl methyl sites for hydroxylation is 2. The Balaban J connectivity index is 1.45. The average Bonchev–Trinajstić information content (AvgIpc) is 3.15. The zero-order valence-electron chi connectivity index (χ0n) is 20.4. The van der Waals surface area contributed by atoms with Gasteiger partial charge in [0, 0.05) is 11.4 Å². The first-order chi connectivity index (χ1) is 18.1. The van der Waals surface area contributed by atoms with Gasteiger partial charge in [0.2, 0.25) is 0 Å². The Morgan fingerprint density at radius 2 is 1.53 bits per heavy atom. The summed E-state index contributed by atoms with van der Waals surface area (Å²) in [4.78, 5) is 2.14. The van der Waals surface area contributed by atoms with Gasteiger partial charge in [0.15, 0.2) is 9.92 Å². The Labute approximate surface area is 219 Å². The van der Waals surface area contributed by atoms with Gasteiger partial charge in [0.25, 0.3) is 0 Å². The fraction of sp³-hybridized carbons (Fsp3) is 0.286. The number of rotatable bonds is 5. The van der Waals surface area contributed by atoms with E-state index in [2.05, 4.69) is 26.5 Å². The number of nitrogens with zero attached hydrogens (tertiary/aromatic N) is 1. The molecule has 1 aliphatic heterocycles. The van der Waals surface area contributed by atoms with Crippen molar-refractivity contribution < 1.29 is 27.2 Å². The number of para-hydroxylation sites is 2. The van der Waals surface area contributed by atoms with Gasteiger partial charge in [-0.1, -0.05) is 42.5 Å². The summed E-state index contributed by atoms with van der Waals surface area (Å²) in [6, 6.07) is 20.2. The Morgan fingerprint density at radius 3 is 2.11 bits per heavy atom. The highest BCUT2D eigenvalue weighted by atomic mass is 32.2. The highest BCUT2D eigenvalue weighted by Gasteiger charge is 2.35.